The summed E-state index contributed by atoms with van der Waals surface area (Å²) in [5, 5.41) is 6.42. The van der Waals surface area contributed by atoms with Gasteiger partial charge in [0, 0.05) is 65.1 Å². The molecule has 138 valence electrons. The van der Waals surface area contributed by atoms with Crippen LogP contribution in [0.2, 0.25) is 0 Å². The third kappa shape index (κ3) is 5.95. The van der Waals surface area contributed by atoms with Crippen LogP contribution < -0.4 is 15.5 Å². The van der Waals surface area contributed by atoms with Gasteiger partial charge in [0.2, 0.25) is 5.91 Å². The van der Waals surface area contributed by atoms with E-state index in [1.54, 1.807) is 0 Å². The molecule has 2 saturated heterocycles. The zero-order valence-electron chi connectivity index (χ0n) is 15.0. The molecule has 2 aliphatic heterocycles. The van der Waals surface area contributed by atoms with E-state index in [2.05, 4.69) is 30.3 Å². The summed E-state index contributed by atoms with van der Waals surface area (Å²) in [7, 11) is 0. The van der Waals surface area contributed by atoms with Crippen molar-refractivity contribution >= 4 is 11.7 Å². The highest BCUT2D eigenvalue weighted by atomic mass is 16.2. The first kappa shape index (κ1) is 18.1. The van der Waals surface area contributed by atoms with Crippen molar-refractivity contribution in [1.82, 2.24) is 25.4 Å². The van der Waals surface area contributed by atoms with Gasteiger partial charge in [-0.25, -0.2) is 4.98 Å². The Hall–Kier alpha value is -1.70. The van der Waals surface area contributed by atoms with Crippen LogP contribution in [0.1, 0.15) is 6.42 Å². The number of aromatic nitrogens is 1. The van der Waals surface area contributed by atoms with Crippen molar-refractivity contribution in [3.8, 4) is 0 Å². The molecule has 0 aliphatic carbocycles. The van der Waals surface area contributed by atoms with Gasteiger partial charge in [-0.05, 0) is 25.1 Å². The number of hydrogen-bond acceptors (Lipinski definition) is 6. The molecule has 25 heavy (non-hydrogen) atoms. The highest BCUT2D eigenvalue weighted by Gasteiger charge is 2.19. The van der Waals surface area contributed by atoms with Gasteiger partial charge >= 0.3 is 0 Å². The lowest BCUT2D eigenvalue weighted by Crippen LogP contribution is -2.50. The summed E-state index contributed by atoms with van der Waals surface area (Å²) < 4.78 is 0. The first-order chi connectivity index (χ1) is 12.3. The second-order valence-corrected chi connectivity index (χ2v) is 6.75. The van der Waals surface area contributed by atoms with E-state index in [4.69, 9.17) is 0 Å². The Kier molecular flexibility index (Phi) is 7.02. The van der Waals surface area contributed by atoms with Crippen molar-refractivity contribution in [2.45, 2.75) is 6.42 Å². The average molecular weight is 346 g/mol. The van der Waals surface area contributed by atoms with Crippen LogP contribution in [0.5, 0.6) is 0 Å². The molecule has 7 nitrogen and oxygen atoms in total. The first-order valence-electron chi connectivity index (χ1n) is 9.39. The molecule has 7 heteroatoms. The van der Waals surface area contributed by atoms with Gasteiger partial charge in [0.05, 0.1) is 6.54 Å². The number of hydrogen-bond donors (Lipinski definition) is 2. The van der Waals surface area contributed by atoms with Crippen LogP contribution in [0.4, 0.5) is 5.82 Å². The second-order valence-electron chi connectivity index (χ2n) is 6.75. The van der Waals surface area contributed by atoms with Crippen molar-refractivity contribution in [2.24, 2.45) is 0 Å². The number of anilines is 1. The molecule has 0 bridgehead atoms. The van der Waals surface area contributed by atoms with E-state index >= 15 is 0 Å². The molecule has 1 amide bonds. The molecule has 0 atom stereocenters. The molecule has 0 spiro atoms. The predicted molar refractivity (Wildman–Crippen MR) is 99.8 cm³/mol. The van der Waals surface area contributed by atoms with E-state index in [1.165, 1.54) is 0 Å². The van der Waals surface area contributed by atoms with Crippen molar-refractivity contribution < 1.29 is 4.79 Å². The molecule has 2 fully saturated rings. The van der Waals surface area contributed by atoms with Gasteiger partial charge in [0.1, 0.15) is 5.82 Å². The van der Waals surface area contributed by atoms with Gasteiger partial charge in [-0.1, -0.05) is 6.07 Å². The summed E-state index contributed by atoms with van der Waals surface area (Å²) in [4.78, 5) is 23.5. The fourth-order valence-corrected chi connectivity index (χ4v) is 3.40. The molecule has 0 saturated carbocycles. The zero-order valence-corrected chi connectivity index (χ0v) is 15.0. The minimum atomic E-state index is 0.145. The van der Waals surface area contributed by atoms with E-state index in [9.17, 15) is 4.79 Å². The summed E-state index contributed by atoms with van der Waals surface area (Å²) in [6.45, 7) is 10.4. The molecule has 2 N–H and O–H groups in total. The third-order valence-corrected chi connectivity index (χ3v) is 4.90. The van der Waals surface area contributed by atoms with Crippen LogP contribution in [0, 0.1) is 0 Å². The monoisotopic (exact) mass is 346 g/mol. The highest BCUT2D eigenvalue weighted by Crippen LogP contribution is 2.12. The predicted octanol–water partition coefficient (Wildman–Crippen LogP) is -0.385. The lowest BCUT2D eigenvalue weighted by Gasteiger charge is -2.35. The Morgan fingerprint density at radius 2 is 1.88 bits per heavy atom. The van der Waals surface area contributed by atoms with Crippen LogP contribution in [0.25, 0.3) is 0 Å². The number of piperazine rings is 2. The number of nitrogens with zero attached hydrogens (tertiary/aromatic N) is 4. The van der Waals surface area contributed by atoms with Crippen LogP contribution in [-0.4, -0.2) is 92.7 Å². The first-order valence-corrected chi connectivity index (χ1v) is 9.39. The normalized spacial score (nSPS) is 19.8. The molecule has 2 aliphatic rings. The molecule has 0 aromatic carbocycles. The Bertz CT molecular complexity index is 512. The van der Waals surface area contributed by atoms with Gasteiger partial charge < -0.3 is 20.4 Å². The molecule has 3 heterocycles. The number of amides is 1. The van der Waals surface area contributed by atoms with Crippen molar-refractivity contribution in [1.29, 1.82) is 0 Å². The second kappa shape index (κ2) is 9.70. The number of pyridine rings is 1. The standard InChI is InChI=1S/C18H30N6O/c25-18(21-6-3-9-22-10-7-19-8-11-22)16-23-12-14-24(15-13-23)17-4-1-2-5-20-17/h1-2,4-5,19H,3,6-16H2,(H,21,25). The molecular formula is C18H30N6O. The van der Waals surface area contributed by atoms with E-state index in [1.807, 2.05) is 24.4 Å². The van der Waals surface area contributed by atoms with Gasteiger partial charge in [0.25, 0.3) is 0 Å². The molecule has 3 rings (SSSR count). The van der Waals surface area contributed by atoms with Crippen molar-refractivity contribution in [3.63, 3.8) is 0 Å². The molecular weight excluding hydrogens is 316 g/mol. The maximum atomic E-state index is 12.1. The minimum Gasteiger partial charge on any atom is -0.355 e. The lowest BCUT2D eigenvalue weighted by molar-refractivity contribution is -0.122. The summed E-state index contributed by atoms with van der Waals surface area (Å²) >= 11 is 0. The number of carbonyl (C=O) groups is 1. The average Bonchev–Trinajstić information content (AvgIpc) is 2.67. The third-order valence-electron chi connectivity index (χ3n) is 4.90. The van der Waals surface area contributed by atoms with Crippen LogP contribution in [0.15, 0.2) is 24.4 Å². The molecule has 1 aromatic heterocycles. The summed E-state index contributed by atoms with van der Waals surface area (Å²) in [5.41, 5.74) is 0. The summed E-state index contributed by atoms with van der Waals surface area (Å²) in [5.74, 6) is 1.17. The van der Waals surface area contributed by atoms with Crippen LogP contribution in [-0.2, 0) is 4.79 Å². The lowest BCUT2D eigenvalue weighted by atomic mass is 10.3. The molecule has 0 radical (unpaired) electrons. The highest BCUT2D eigenvalue weighted by molar-refractivity contribution is 5.78. The van der Waals surface area contributed by atoms with E-state index in [0.717, 1.165) is 77.7 Å². The van der Waals surface area contributed by atoms with E-state index in [-0.39, 0.29) is 5.91 Å². The quantitative estimate of drug-likeness (QED) is 0.656. The maximum Gasteiger partial charge on any atom is 0.234 e. The van der Waals surface area contributed by atoms with Crippen LogP contribution >= 0.6 is 0 Å². The van der Waals surface area contributed by atoms with Gasteiger partial charge in [-0.2, -0.15) is 0 Å². The van der Waals surface area contributed by atoms with Gasteiger partial charge in [-0.3, -0.25) is 9.69 Å². The van der Waals surface area contributed by atoms with Crippen molar-refractivity contribution in [2.75, 3.05) is 76.9 Å². The Labute approximate surface area is 150 Å². The Balaban J connectivity index is 1.27. The SMILES string of the molecule is O=C(CN1CCN(c2ccccn2)CC1)NCCCN1CCNCC1. The van der Waals surface area contributed by atoms with Gasteiger partial charge in [0.15, 0.2) is 0 Å². The maximum absolute atomic E-state index is 12.1. The minimum absolute atomic E-state index is 0.145. The zero-order chi connectivity index (χ0) is 17.3. The van der Waals surface area contributed by atoms with E-state index in [0.29, 0.717) is 6.54 Å². The van der Waals surface area contributed by atoms with E-state index < -0.39 is 0 Å². The Morgan fingerprint density at radius 1 is 1.08 bits per heavy atom. The Morgan fingerprint density at radius 3 is 2.60 bits per heavy atom. The topological polar surface area (TPSA) is 63.7 Å². The smallest absolute Gasteiger partial charge is 0.234 e. The molecule has 0 unspecified atom stereocenters. The number of carbonyl (C=O) groups excluding carboxylic acids is 1. The fraction of sp³-hybridized carbons (Fsp3) is 0.667. The largest absolute Gasteiger partial charge is 0.355 e. The molecule has 1 aromatic rings. The fourth-order valence-electron chi connectivity index (χ4n) is 3.40. The number of nitrogens with one attached hydrogen (secondary N) is 2. The summed E-state index contributed by atoms with van der Waals surface area (Å²) in [6.07, 6.45) is 2.86. The van der Waals surface area contributed by atoms with Crippen molar-refractivity contribution in [3.05, 3.63) is 24.4 Å². The van der Waals surface area contributed by atoms with Crippen LogP contribution in [0.3, 0.4) is 0 Å². The number of rotatable bonds is 7. The van der Waals surface area contributed by atoms with Gasteiger partial charge in [-0.15, -0.1) is 0 Å². The summed E-state index contributed by atoms with van der Waals surface area (Å²) in [6, 6.07) is 6.00.